The van der Waals surface area contributed by atoms with Crippen molar-refractivity contribution in [3.63, 3.8) is 0 Å². The fourth-order valence-corrected chi connectivity index (χ4v) is 4.13. The van der Waals surface area contributed by atoms with Crippen LogP contribution in [0.3, 0.4) is 0 Å². The standard InChI is InChI=1S/C20H29N3O3/c1-13(2)11-23-8-7-14(10-19(24)25)15(12-23)9-18-21-16-5-4-6-17(26-3)20(16)22-18/h4-6,13-15H,7-12H2,1-3H3,(H,21,22)(H,24,25)/t14-,15-/m0/s1. The first-order valence-electron chi connectivity index (χ1n) is 9.42. The lowest BCUT2D eigenvalue weighted by Gasteiger charge is -2.38. The fourth-order valence-electron chi connectivity index (χ4n) is 4.13. The van der Waals surface area contributed by atoms with Gasteiger partial charge in [0.15, 0.2) is 0 Å². The summed E-state index contributed by atoms with van der Waals surface area (Å²) < 4.78 is 5.40. The Hall–Kier alpha value is -2.08. The van der Waals surface area contributed by atoms with Gasteiger partial charge < -0.3 is 19.7 Å². The van der Waals surface area contributed by atoms with Crippen molar-refractivity contribution in [1.82, 2.24) is 14.9 Å². The highest BCUT2D eigenvalue weighted by molar-refractivity contribution is 5.81. The number of carboxylic acid groups (broad SMARTS) is 1. The van der Waals surface area contributed by atoms with E-state index in [4.69, 9.17) is 9.72 Å². The van der Waals surface area contributed by atoms with Gasteiger partial charge in [-0.15, -0.1) is 0 Å². The van der Waals surface area contributed by atoms with Crippen molar-refractivity contribution in [2.45, 2.75) is 33.1 Å². The van der Waals surface area contributed by atoms with Crippen molar-refractivity contribution in [2.75, 3.05) is 26.7 Å². The van der Waals surface area contributed by atoms with E-state index in [-0.39, 0.29) is 12.3 Å². The van der Waals surface area contributed by atoms with Gasteiger partial charge in [0.25, 0.3) is 0 Å². The number of fused-ring (bicyclic) bond motifs is 1. The number of benzene rings is 1. The molecule has 1 saturated heterocycles. The highest BCUT2D eigenvalue weighted by Gasteiger charge is 2.31. The summed E-state index contributed by atoms with van der Waals surface area (Å²) >= 11 is 0. The van der Waals surface area contributed by atoms with E-state index < -0.39 is 5.97 Å². The third-order valence-electron chi connectivity index (χ3n) is 5.24. The Balaban J connectivity index is 1.79. The van der Waals surface area contributed by atoms with E-state index in [0.29, 0.717) is 11.8 Å². The number of nitrogens with one attached hydrogen (secondary N) is 1. The van der Waals surface area contributed by atoms with Crippen molar-refractivity contribution in [2.24, 2.45) is 17.8 Å². The molecule has 1 aromatic heterocycles. The summed E-state index contributed by atoms with van der Waals surface area (Å²) in [5.41, 5.74) is 1.80. The van der Waals surface area contributed by atoms with Crippen LogP contribution in [0.25, 0.3) is 11.0 Å². The number of carbonyl (C=O) groups is 1. The number of para-hydroxylation sites is 1. The maximum atomic E-state index is 11.3. The molecule has 2 aromatic rings. The maximum Gasteiger partial charge on any atom is 0.303 e. The molecule has 0 saturated carbocycles. The van der Waals surface area contributed by atoms with Gasteiger partial charge >= 0.3 is 5.97 Å². The number of aromatic amines is 1. The number of aromatic nitrogens is 2. The lowest BCUT2D eigenvalue weighted by molar-refractivity contribution is -0.139. The average molecular weight is 359 g/mol. The van der Waals surface area contributed by atoms with Gasteiger partial charge in [-0.1, -0.05) is 19.9 Å². The minimum Gasteiger partial charge on any atom is -0.494 e. The van der Waals surface area contributed by atoms with Gasteiger partial charge in [0.2, 0.25) is 0 Å². The highest BCUT2D eigenvalue weighted by atomic mass is 16.5. The summed E-state index contributed by atoms with van der Waals surface area (Å²) in [5.74, 6) is 2.08. The van der Waals surface area contributed by atoms with Crippen LogP contribution in [-0.4, -0.2) is 52.7 Å². The summed E-state index contributed by atoms with van der Waals surface area (Å²) in [6.07, 6.45) is 1.95. The maximum absolute atomic E-state index is 11.3. The smallest absolute Gasteiger partial charge is 0.303 e. The molecule has 26 heavy (non-hydrogen) atoms. The van der Waals surface area contributed by atoms with Crippen LogP contribution in [0, 0.1) is 17.8 Å². The molecule has 3 rings (SSSR count). The summed E-state index contributed by atoms with van der Waals surface area (Å²) in [7, 11) is 1.65. The largest absolute Gasteiger partial charge is 0.494 e. The number of H-pyrrole nitrogens is 1. The Morgan fingerprint density at radius 3 is 2.92 bits per heavy atom. The van der Waals surface area contributed by atoms with Crippen LogP contribution < -0.4 is 4.74 Å². The predicted molar refractivity (Wildman–Crippen MR) is 101 cm³/mol. The average Bonchev–Trinajstić information content (AvgIpc) is 2.98. The van der Waals surface area contributed by atoms with Gasteiger partial charge in [-0.25, -0.2) is 4.98 Å². The molecule has 2 atom stereocenters. The monoisotopic (exact) mass is 359 g/mol. The molecule has 6 heteroatoms. The predicted octanol–water partition coefficient (Wildman–Crippen LogP) is 3.18. The van der Waals surface area contributed by atoms with Gasteiger partial charge in [-0.2, -0.15) is 0 Å². The van der Waals surface area contributed by atoms with E-state index in [0.717, 1.165) is 55.1 Å². The minimum absolute atomic E-state index is 0.200. The number of ether oxygens (including phenoxy) is 1. The van der Waals surface area contributed by atoms with Crippen LogP contribution in [0.4, 0.5) is 0 Å². The summed E-state index contributed by atoms with van der Waals surface area (Å²) in [6.45, 7) is 7.43. The SMILES string of the molecule is COc1cccc2[nH]c(C[C@H]3CN(CC(C)C)CC[C@H]3CC(=O)O)nc12. The van der Waals surface area contributed by atoms with E-state index in [2.05, 4.69) is 23.7 Å². The third-order valence-corrected chi connectivity index (χ3v) is 5.24. The van der Waals surface area contributed by atoms with E-state index in [9.17, 15) is 9.90 Å². The van der Waals surface area contributed by atoms with Gasteiger partial charge in [0.05, 0.1) is 12.6 Å². The van der Waals surface area contributed by atoms with Crippen molar-refractivity contribution in [3.8, 4) is 5.75 Å². The number of hydrogen-bond acceptors (Lipinski definition) is 4. The molecule has 1 fully saturated rings. The molecular formula is C20H29N3O3. The molecule has 2 N–H and O–H groups in total. The summed E-state index contributed by atoms with van der Waals surface area (Å²) in [5, 5.41) is 9.29. The number of rotatable bonds is 7. The zero-order valence-corrected chi connectivity index (χ0v) is 15.9. The molecule has 0 amide bonds. The quantitative estimate of drug-likeness (QED) is 0.794. The van der Waals surface area contributed by atoms with Crippen LogP contribution in [-0.2, 0) is 11.2 Å². The molecule has 142 valence electrons. The normalized spacial score (nSPS) is 21.4. The first kappa shape index (κ1) is 18.7. The first-order valence-corrected chi connectivity index (χ1v) is 9.42. The van der Waals surface area contributed by atoms with E-state index >= 15 is 0 Å². The number of carboxylic acids is 1. The summed E-state index contributed by atoms with van der Waals surface area (Å²) in [4.78, 5) is 21.9. The van der Waals surface area contributed by atoms with Crippen LogP contribution in [0.1, 0.15) is 32.5 Å². The minimum atomic E-state index is -0.705. The molecule has 0 radical (unpaired) electrons. The number of aliphatic carboxylic acids is 1. The molecule has 1 aromatic carbocycles. The molecule has 0 aliphatic carbocycles. The molecule has 0 unspecified atom stereocenters. The third kappa shape index (κ3) is 4.36. The van der Waals surface area contributed by atoms with Gasteiger partial charge in [0, 0.05) is 25.9 Å². The number of hydrogen-bond donors (Lipinski definition) is 2. The van der Waals surface area contributed by atoms with Crippen molar-refractivity contribution in [1.29, 1.82) is 0 Å². The van der Waals surface area contributed by atoms with E-state index in [1.807, 2.05) is 18.2 Å². The lowest BCUT2D eigenvalue weighted by atomic mass is 9.81. The lowest BCUT2D eigenvalue weighted by Crippen LogP contribution is -2.43. The zero-order chi connectivity index (χ0) is 18.7. The number of piperidine rings is 1. The Morgan fingerprint density at radius 2 is 2.23 bits per heavy atom. The molecule has 1 aliphatic rings. The number of likely N-dealkylation sites (tertiary alicyclic amines) is 1. The van der Waals surface area contributed by atoms with Crippen LogP contribution in [0.5, 0.6) is 5.75 Å². The Morgan fingerprint density at radius 1 is 1.42 bits per heavy atom. The van der Waals surface area contributed by atoms with Gasteiger partial charge in [-0.05, 0) is 42.9 Å². The second-order valence-corrected chi connectivity index (χ2v) is 7.80. The Labute approximate surface area is 154 Å². The van der Waals surface area contributed by atoms with Crippen LogP contribution in [0.2, 0.25) is 0 Å². The molecule has 2 heterocycles. The molecule has 1 aliphatic heterocycles. The van der Waals surface area contributed by atoms with Gasteiger partial charge in [0.1, 0.15) is 17.1 Å². The molecule has 0 bridgehead atoms. The molecule has 6 nitrogen and oxygen atoms in total. The van der Waals surface area contributed by atoms with E-state index in [1.54, 1.807) is 7.11 Å². The Kier molecular flexibility index (Phi) is 5.81. The molecular weight excluding hydrogens is 330 g/mol. The number of nitrogens with zero attached hydrogens (tertiary/aromatic N) is 2. The van der Waals surface area contributed by atoms with Gasteiger partial charge in [-0.3, -0.25) is 4.79 Å². The zero-order valence-electron chi connectivity index (χ0n) is 15.9. The van der Waals surface area contributed by atoms with Crippen molar-refractivity contribution < 1.29 is 14.6 Å². The van der Waals surface area contributed by atoms with Crippen molar-refractivity contribution >= 4 is 17.0 Å². The summed E-state index contributed by atoms with van der Waals surface area (Å²) in [6, 6.07) is 5.85. The van der Waals surface area contributed by atoms with Crippen molar-refractivity contribution in [3.05, 3.63) is 24.0 Å². The van der Waals surface area contributed by atoms with E-state index in [1.165, 1.54) is 0 Å². The molecule has 0 spiro atoms. The van der Waals surface area contributed by atoms with Crippen LogP contribution >= 0.6 is 0 Å². The highest BCUT2D eigenvalue weighted by Crippen LogP contribution is 2.31. The topological polar surface area (TPSA) is 78.5 Å². The fraction of sp³-hybridized carbons (Fsp3) is 0.600. The Bertz CT molecular complexity index is 756. The number of imidazole rings is 1. The first-order chi connectivity index (χ1) is 12.5. The number of methoxy groups -OCH3 is 1. The second-order valence-electron chi connectivity index (χ2n) is 7.80. The second kappa shape index (κ2) is 8.08. The van der Waals surface area contributed by atoms with Crippen LogP contribution in [0.15, 0.2) is 18.2 Å².